The Morgan fingerprint density at radius 2 is 1.85 bits per heavy atom. The Bertz CT molecular complexity index is 1520. The number of aromatic nitrogens is 3. The molecule has 0 unspecified atom stereocenters. The van der Waals surface area contributed by atoms with Crippen LogP contribution >= 0.6 is 23.2 Å². The summed E-state index contributed by atoms with van der Waals surface area (Å²) in [6.45, 7) is -0.374. The average Bonchev–Trinajstić information content (AvgIpc) is 3.16. The first-order valence-electron chi connectivity index (χ1n) is 9.22. The number of aromatic hydroxyl groups is 1. The van der Waals surface area contributed by atoms with Gasteiger partial charge in [-0.1, -0.05) is 41.1 Å². The second-order valence-electron chi connectivity index (χ2n) is 6.81. The summed E-state index contributed by atoms with van der Waals surface area (Å²) in [6.07, 6.45) is -3.68. The van der Waals surface area contributed by atoms with Crippen LogP contribution in [0.3, 0.4) is 0 Å². The van der Waals surface area contributed by atoms with Crippen molar-refractivity contribution in [3.63, 3.8) is 0 Å². The maximum Gasteiger partial charge on any atom is 0.435 e. The fourth-order valence-corrected chi connectivity index (χ4v) is 3.61. The number of aliphatic hydroxyl groups is 1. The minimum Gasteiger partial charge on any atom is -0.507 e. The number of phenols is 1. The predicted octanol–water partition coefficient (Wildman–Crippen LogP) is 4.73. The summed E-state index contributed by atoms with van der Waals surface area (Å²) in [5, 5.41) is 22.8. The van der Waals surface area contributed by atoms with Gasteiger partial charge in [-0.05, 0) is 35.9 Å². The third-order valence-corrected chi connectivity index (χ3v) is 5.48. The molecule has 2 heterocycles. The van der Waals surface area contributed by atoms with E-state index < -0.39 is 17.4 Å². The van der Waals surface area contributed by atoms with E-state index in [1.54, 1.807) is 0 Å². The van der Waals surface area contributed by atoms with Gasteiger partial charge >= 0.3 is 6.18 Å². The number of nitrogens with one attached hydrogen (secondary N) is 1. The van der Waals surface area contributed by atoms with Crippen LogP contribution in [-0.4, -0.2) is 31.4 Å². The van der Waals surface area contributed by atoms with E-state index in [0.29, 0.717) is 10.1 Å². The lowest BCUT2D eigenvalue weighted by Crippen LogP contribution is -2.18. The molecule has 2 aromatic carbocycles. The third-order valence-electron chi connectivity index (χ3n) is 4.74. The molecule has 0 fully saturated rings. The molecule has 3 N–H and O–H groups in total. The molecule has 6 nitrogen and oxygen atoms in total. The molecule has 0 saturated heterocycles. The van der Waals surface area contributed by atoms with Crippen molar-refractivity contribution in [1.82, 2.24) is 14.6 Å². The minimum atomic E-state index is -4.87. The highest BCUT2D eigenvalue weighted by atomic mass is 35.5. The van der Waals surface area contributed by atoms with E-state index in [9.17, 15) is 23.1 Å². The van der Waals surface area contributed by atoms with Gasteiger partial charge in [0.25, 0.3) is 5.56 Å². The monoisotopic (exact) mass is 493 g/mol. The summed E-state index contributed by atoms with van der Waals surface area (Å²) < 4.78 is 42.0. The van der Waals surface area contributed by atoms with Crippen LogP contribution in [0.15, 0.2) is 47.4 Å². The van der Waals surface area contributed by atoms with Gasteiger partial charge in [0.15, 0.2) is 5.69 Å². The molecule has 4 rings (SSSR count). The predicted molar refractivity (Wildman–Crippen MR) is 117 cm³/mol. The van der Waals surface area contributed by atoms with Crippen LogP contribution in [0.1, 0.15) is 11.3 Å². The van der Waals surface area contributed by atoms with Crippen LogP contribution in [0.4, 0.5) is 13.2 Å². The third kappa shape index (κ3) is 4.16. The molecule has 2 aromatic heterocycles. The van der Waals surface area contributed by atoms with Crippen molar-refractivity contribution in [2.24, 2.45) is 0 Å². The van der Waals surface area contributed by atoms with Crippen molar-refractivity contribution in [3.05, 3.63) is 74.3 Å². The number of phenolic OH excluding ortho intramolecular Hbond substituents is 1. The number of benzene rings is 2. The largest absolute Gasteiger partial charge is 0.507 e. The van der Waals surface area contributed by atoms with Crippen LogP contribution in [0.5, 0.6) is 5.75 Å². The smallest absolute Gasteiger partial charge is 0.435 e. The number of nitrogens with zero attached hydrogens (tertiary/aromatic N) is 2. The lowest BCUT2D eigenvalue weighted by molar-refractivity contribution is -0.140. The first-order chi connectivity index (χ1) is 15.6. The molecule has 4 aromatic rings. The first-order valence-corrected chi connectivity index (χ1v) is 9.97. The Morgan fingerprint density at radius 1 is 1.09 bits per heavy atom. The summed E-state index contributed by atoms with van der Waals surface area (Å²) in [5.74, 6) is 4.70. The molecule has 0 amide bonds. The molecular formula is C22H12Cl2F3N3O3. The topological polar surface area (TPSA) is 90.6 Å². The number of hydrogen-bond acceptors (Lipinski definition) is 4. The van der Waals surface area contributed by atoms with Crippen LogP contribution in [0, 0.1) is 11.8 Å². The summed E-state index contributed by atoms with van der Waals surface area (Å²) in [5.41, 5.74) is -2.36. The molecule has 0 bridgehead atoms. The van der Waals surface area contributed by atoms with Crippen molar-refractivity contribution in [1.29, 1.82) is 0 Å². The number of hydrogen-bond donors (Lipinski definition) is 3. The minimum absolute atomic E-state index is 0.0370. The van der Waals surface area contributed by atoms with Gasteiger partial charge in [0.1, 0.15) is 18.0 Å². The molecule has 11 heteroatoms. The van der Waals surface area contributed by atoms with Crippen molar-refractivity contribution in [3.8, 4) is 39.8 Å². The molecular weight excluding hydrogens is 482 g/mol. The fraction of sp³-hybridized carbons (Fsp3) is 0.0909. The molecule has 0 aliphatic rings. The van der Waals surface area contributed by atoms with Crippen LogP contribution < -0.4 is 5.56 Å². The van der Waals surface area contributed by atoms with Gasteiger partial charge in [-0.15, -0.1) is 0 Å². The van der Waals surface area contributed by atoms with Gasteiger partial charge < -0.3 is 15.2 Å². The molecule has 0 spiro atoms. The van der Waals surface area contributed by atoms with E-state index in [0.717, 1.165) is 0 Å². The zero-order valence-electron chi connectivity index (χ0n) is 16.3. The van der Waals surface area contributed by atoms with E-state index in [4.69, 9.17) is 28.3 Å². The second kappa shape index (κ2) is 8.48. The van der Waals surface area contributed by atoms with Crippen LogP contribution in [0.2, 0.25) is 10.0 Å². The molecule has 0 aliphatic carbocycles. The Balaban J connectivity index is 1.96. The van der Waals surface area contributed by atoms with Crippen molar-refractivity contribution in [2.45, 2.75) is 6.18 Å². The van der Waals surface area contributed by atoms with Gasteiger partial charge in [0.05, 0.1) is 21.2 Å². The summed E-state index contributed by atoms with van der Waals surface area (Å²) in [7, 11) is 0. The lowest BCUT2D eigenvalue weighted by atomic mass is 10.0. The number of H-pyrrole nitrogens is 1. The van der Waals surface area contributed by atoms with Crippen LogP contribution in [-0.2, 0) is 6.18 Å². The molecule has 0 aliphatic heterocycles. The quantitative estimate of drug-likeness (QED) is 0.352. The van der Waals surface area contributed by atoms with E-state index in [1.165, 1.54) is 42.6 Å². The number of aromatic amines is 1. The van der Waals surface area contributed by atoms with Gasteiger partial charge in [-0.25, -0.2) is 0 Å². The van der Waals surface area contributed by atoms with E-state index in [-0.39, 0.29) is 50.3 Å². The lowest BCUT2D eigenvalue weighted by Gasteiger charge is -2.08. The zero-order valence-corrected chi connectivity index (χ0v) is 17.8. The summed E-state index contributed by atoms with van der Waals surface area (Å²) >= 11 is 11.9. The van der Waals surface area contributed by atoms with Crippen molar-refractivity contribution in [2.75, 3.05) is 6.61 Å². The SMILES string of the molecule is O=c1c(-c2ccc(C#CCO)cc2O)c[nH]c2c(-c3ccc(Cl)c(Cl)c3)c(C(F)(F)F)nn12. The number of rotatable bonds is 2. The molecule has 0 saturated carbocycles. The fourth-order valence-electron chi connectivity index (χ4n) is 3.31. The van der Waals surface area contributed by atoms with E-state index in [1.807, 2.05) is 0 Å². The highest BCUT2D eigenvalue weighted by Gasteiger charge is 2.39. The van der Waals surface area contributed by atoms with E-state index >= 15 is 0 Å². The Hall–Kier alpha value is -3.45. The highest BCUT2D eigenvalue weighted by molar-refractivity contribution is 6.42. The highest BCUT2D eigenvalue weighted by Crippen LogP contribution is 2.40. The number of halogens is 5. The normalized spacial score (nSPS) is 11.5. The second-order valence-corrected chi connectivity index (χ2v) is 7.62. The van der Waals surface area contributed by atoms with Gasteiger partial charge in [-0.3, -0.25) is 4.79 Å². The van der Waals surface area contributed by atoms with Crippen molar-refractivity contribution >= 4 is 28.8 Å². The number of aliphatic hydroxyl groups excluding tert-OH is 1. The summed E-state index contributed by atoms with van der Waals surface area (Å²) in [6, 6.07) is 8.08. The Labute approximate surface area is 193 Å². The maximum atomic E-state index is 13.8. The van der Waals surface area contributed by atoms with Gasteiger partial charge in [0, 0.05) is 17.3 Å². The van der Waals surface area contributed by atoms with Gasteiger partial charge in [-0.2, -0.15) is 22.8 Å². The molecule has 0 radical (unpaired) electrons. The average molecular weight is 494 g/mol. The molecule has 33 heavy (non-hydrogen) atoms. The summed E-state index contributed by atoms with van der Waals surface area (Å²) in [4.78, 5) is 15.8. The standard InChI is InChI=1S/C22H12Cl2F3N3O3/c23-15-6-4-12(9-16(15)24)18-19(22(25,26)27)29-30-20(18)28-10-14(21(30)33)13-5-3-11(2-1-7-31)8-17(13)32/h3-6,8-10,28,31-32H,7H2. The van der Waals surface area contributed by atoms with E-state index in [2.05, 4.69) is 21.9 Å². The molecule has 0 atom stereocenters. The van der Waals surface area contributed by atoms with Gasteiger partial charge in [0.2, 0.25) is 0 Å². The maximum absolute atomic E-state index is 13.8. The zero-order chi connectivity index (χ0) is 23.9. The Morgan fingerprint density at radius 3 is 2.48 bits per heavy atom. The Kier molecular flexibility index (Phi) is 5.84. The van der Waals surface area contributed by atoms with Crippen LogP contribution in [0.25, 0.3) is 27.9 Å². The first kappa shape index (κ1) is 22.7. The molecule has 168 valence electrons. The number of fused-ring (bicyclic) bond motifs is 1. The number of alkyl halides is 3. The van der Waals surface area contributed by atoms with Crippen molar-refractivity contribution < 1.29 is 23.4 Å².